The highest BCUT2D eigenvalue weighted by molar-refractivity contribution is 5.81. The maximum Gasteiger partial charge on any atom is 0.304 e. The fourth-order valence-corrected chi connectivity index (χ4v) is 3.57. The molecule has 2 aliphatic rings. The molecule has 3 heterocycles. The lowest BCUT2D eigenvalue weighted by Crippen LogP contribution is -2.55. The quantitative estimate of drug-likeness (QED) is 0.758. The Balaban J connectivity index is 1.62. The Morgan fingerprint density at radius 3 is 2.82 bits per heavy atom. The Bertz CT molecular complexity index is 1010. The van der Waals surface area contributed by atoms with Crippen LogP contribution in [0.5, 0.6) is 0 Å². The maximum absolute atomic E-state index is 12.4. The summed E-state index contributed by atoms with van der Waals surface area (Å²) < 4.78 is 1.54. The van der Waals surface area contributed by atoms with Crippen LogP contribution in [0.2, 0.25) is 0 Å². The van der Waals surface area contributed by atoms with Gasteiger partial charge in [-0.1, -0.05) is 6.57 Å². The van der Waals surface area contributed by atoms with Crippen LogP contribution in [0.15, 0.2) is 12.4 Å². The average molecular weight is 376 g/mol. The molecule has 1 amide bonds. The second kappa shape index (κ2) is 6.93. The predicted octanol–water partition coefficient (Wildman–Crippen LogP) is 1.75. The summed E-state index contributed by atoms with van der Waals surface area (Å²) in [4.78, 5) is 28.8. The number of aromatic nitrogens is 4. The van der Waals surface area contributed by atoms with E-state index in [0.29, 0.717) is 42.4 Å². The molecule has 2 aromatic heterocycles. The van der Waals surface area contributed by atoms with Gasteiger partial charge in [-0.05, 0) is 24.9 Å². The lowest BCUT2D eigenvalue weighted by atomic mass is 10.1. The van der Waals surface area contributed by atoms with Crippen molar-refractivity contribution in [1.82, 2.24) is 24.6 Å². The number of rotatable bonds is 3. The molecular formula is C19H20N8O. The first kappa shape index (κ1) is 17.9. The molecule has 0 spiro atoms. The molecule has 0 N–H and O–H groups in total. The molecule has 0 unspecified atom stereocenters. The Morgan fingerprint density at radius 1 is 1.39 bits per heavy atom. The Morgan fingerprint density at radius 2 is 2.18 bits per heavy atom. The molecule has 1 atom stereocenters. The van der Waals surface area contributed by atoms with Gasteiger partial charge in [-0.2, -0.15) is 5.26 Å². The summed E-state index contributed by atoms with van der Waals surface area (Å²) in [7, 11) is 1.73. The van der Waals surface area contributed by atoms with Crippen LogP contribution in [0.1, 0.15) is 25.3 Å². The molecular weight excluding hydrogens is 356 g/mol. The topological polar surface area (TPSA) is 95.3 Å². The molecule has 1 saturated heterocycles. The fourth-order valence-electron chi connectivity index (χ4n) is 3.57. The number of carbonyl (C=O) groups is 1. The first-order valence-corrected chi connectivity index (χ1v) is 9.26. The van der Waals surface area contributed by atoms with E-state index in [0.717, 1.165) is 12.8 Å². The zero-order valence-corrected chi connectivity index (χ0v) is 15.8. The van der Waals surface area contributed by atoms with Crippen molar-refractivity contribution in [3.63, 3.8) is 0 Å². The molecule has 0 radical (unpaired) electrons. The van der Waals surface area contributed by atoms with E-state index in [1.165, 1.54) is 10.9 Å². The highest BCUT2D eigenvalue weighted by atomic mass is 16.2. The third-order valence-electron chi connectivity index (χ3n) is 5.19. The first-order chi connectivity index (χ1) is 13.5. The number of aryl methyl sites for hydroxylation is 1. The number of amides is 1. The smallest absolute Gasteiger partial charge is 0.304 e. The molecule has 0 bridgehead atoms. The van der Waals surface area contributed by atoms with Crippen LogP contribution < -0.4 is 4.90 Å². The van der Waals surface area contributed by atoms with E-state index in [1.807, 2.05) is 16.7 Å². The normalized spacial score (nSPS) is 19.2. The van der Waals surface area contributed by atoms with Crippen molar-refractivity contribution in [2.24, 2.45) is 13.0 Å². The summed E-state index contributed by atoms with van der Waals surface area (Å²) in [6.07, 6.45) is 5.19. The van der Waals surface area contributed by atoms with Crippen molar-refractivity contribution in [3.8, 4) is 17.3 Å². The largest absolute Gasteiger partial charge is 0.358 e. The van der Waals surface area contributed by atoms with Crippen LogP contribution in [-0.2, 0) is 11.8 Å². The minimum Gasteiger partial charge on any atom is -0.358 e. The van der Waals surface area contributed by atoms with E-state index >= 15 is 0 Å². The lowest BCUT2D eigenvalue weighted by Gasteiger charge is -2.40. The van der Waals surface area contributed by atoms with E-state index in [-0.39, 0.29) is 23.7 Å². The first-order valence-electron chi connectivity index (χ1n) is 9.26. The van der Waals surface area contributed by atoms with Gasteiger partial charge in [0.1, 0.15) is 6.07 Å². The zero-order valence-electron chi connectivity index (χ0n) is 15.8. The summed E-state index contributed by atoms with van der Waals surface area (Å²) in [5, 5.41) is 13.6. The molecule has 2 aromatic rings. The molecule has 9 heteroatoms. The highest BCUT2D eigenvalue weighted by Crippen LogP contribution is 2.33. The Kier molecular flexibility index (Phi) is 4.44. The molecule has 1 aliphatic heterocycles. The molecule has 142 valence electrons. The van der Waals surface area contributed by atoms with Gasteiger partial charge in [-0.3, -0.25) is 4.79 Å². The summed E-state index contributed by atoms with van der Waals surface area (Å²) in [5.74, 6) is 1.17. The van der Waals surface area contributed by atoms with Crippen LogP contribution in [0, 0.1) is 23.8 Å². The van der Waals surface area contributed by atoms with Gasteiger partial charge in [0.15, 0.2) is 0 Å². The van der Waals surface area contributed by atoms with Crippen molar-refractivity contribution >= 4 is 17.7 Å². The van der Waals surface area contributed by atoms with Crippen molar-refractivity contribution in [3.05, 3.63) is 29.4 Å². The van der Waals surface area contributed by atoms with Gasteiger partial charge < -0.3 is 14.6 Å². The highest BCUT2D eigenvalue weighted by Gasteiger charge is 2.37. The van der Waals surface area contributed by atoms with Crippen molar-refractivity contribution in [2.75, 3.05) is 24.5 Å². The van der Waals surface area contributed by atoms with Gasteiger partial charge in [0.2, 0.25) is 11.9 Å². The number of hydrogen-bond donors (Lipinski definition) is 0. The van der Waals surface area contributed by atoms with Gasteiger partial charge in [-0.15, -0.1) is 0 Å². The van der Waals surface area contributed by atoms with Crippen LogP contribution >= 0.6 is 0 Å². The van der Waals surface area contributed by atoms with E-state index < -0.39 is 0 Å². The van der Waals surface area contributed by atoms with E-state index in [2.05, 4.69) is 26.0 Å². The number of anilines is 1. The summed E-state index contributed by atoms with van der Waals surface area (Å²) in [5.41, 5.74) is 1.24. The van der Waals surface area contributed by atoms with E-state index in [1.54, 1.807) is 13.2 Å². The minimum atomic E-state index is 0.0711. The molecule has 1 saturated carbocycles. The molecule has 4 rings (SSSR count). The predicted molar refractivity (Wildman–Crippen MR) is 101 cm³/mol. The Hall–Kier alpha value is -3.46. The Labute approximate surface area is 163 Å². The lowest BCUT2D eigenvalue weighted by molar-refractivity contribution is -0.134. The number of piperazine rings is 1. The number of carbonyl (C=O) groups excluding carboxylic acids is 1. The molecule has 28 heavy (non-hydrogen) atoms. The van der Waals surface area contributed by atoms with Gasteiger partial charge in [0.25, 0.3) is 0 Å². The number of nitriles is 1. The third-order valence-corrected chi connectivity index (χ3v) is 5.19. The monoisotopic (exact) mass is 376 g/mol. The second-order valence-corrected chi connectivity index (χ2v) is 7.30. The van der Waals surface area contributed by atoms with Gasteiger partial charge in [0, 0.05) is 50.4 Å². The van der Waals surface area contributed by atoms with Crippen LogP contribution in [-0.4, -0.2) is 56.2 Å². The molecule has 0 aromatic carbocycles. The van der Waals surface area contributed by atoms with Crippen molar-refractivity contribution < 1.29 is 4.79 Å². The molecule has 9 nitrogen and oxygen atoms in total. The average Bonchev–Trinajstić information content (AvgIpc) is 3.48. The number of hydrogen-bond acceptors (Lipinski definition) is 6. The third kappa shape index (κ3) is 3.16. The van der Waals surface area contributed by atoms with Gasteiger partial charge in [-0.25, -0.2) is 14.6 Å². The van der Waals surface area contributed by atoms with Gasteiger partial charge >= 0.3 is 5.82 Å². The van der Waals surface area contributed by atoms with E-state index in [4.69, 9.17) is 6.57 Å². The van der Waals surface area contributed by atoms with Gasteiger partial charge in [0.05, 0.1) is 17.5 Å². The van der Waals surface area contributed by atoms with Crippen molar-refractivity contribution in [1.29, 1.82) is 5.26 Å². The van der Waals surface area contributed by atoms with Crippen LogP contribution in [0.25, 0.3) is 16.1 Å². The maximum atomic E-state index is 12.4. The standard InChI is InChI=1S/C19H20N8O/c1-12-10-26(6-7-27(12)18(28)13-4-5-13)19-22-9-14(8-20)16(23-19)15-11-25(3)24-17(15)21-2/h9,11-13H,4-7,10H2,1,3H3/t12-/m1/s1. The summed E-state index contributed by atoms with van der Waals surface area (Å²) in [6.45, 7) is 11.3. The van der Waals surface area contributed by atoms with Crippen LogP contribution in [0.3, 0.4) is 0 Å². The number of nitrogens with zero attached hydrogens (tertiary/aromatic N) is 8. The fraction of sp³-hybridized carbons (Fsp3) is 0.474. The van der Waals surface area contributed by atoms with E-state index in [9.17, 15) is 10.1 Å². The summed E-state index contributed by atoms with van der Waals surface area (Å²) in [6, 6.07) is 2.17. The molecule has 1 aliphatic carbocycles. The zero-order chi connectivity index (χ0) is 19.8. The SMILES string of the molecule is [C-]#[N+]c1nn(C)cc1-c1nc(N2CCN(C(=O)C3CC3)[C@H](C)C2)ncc1C#N. The van der Waals surface area contributed by atoms with Crippen molar-refractivity contribution in [2.45, 2.75) is 25.8 Å². The second-order valence-electron chi connectivity index (χ2n) is 7.30. The minimum absolute atomic E-state index is 0.0711. The van der Waals surface area contributed by atoms with Crippen LogP contribution in [0.4, 0.5) is 11.8 Å². The molecule has 2 fully saturated rings. The summed E-state index contributed by atoms with van der Waals surface area (Å²) >= 11 is 0.